The molecule has 1 aliphatic rings. The number of hydrogen-bond acceptors (Lipinski definition) is 7. The van der Waals surface area contributed by atoms with Gasteiger partial charge in [-0.3, -0.25) is 4.98 Å². The molecule has 3 aromatic rings. The Kier molecular flexibility index (Phi) is 5.59. The van der Waals surface area contributed by atoms with Crippen LogP contribution in [0.4, 0.5) is 0 Å². The molecule has 0 amide bonds. The third kappa shape index (κ3) is 4.30. The highest BCUT2D eigenvalue weighted by Gasteiger charge is 2.37. The lowest BCUT2D eigenvalue weighted by Crippen LogP contribution is -2.39. The molecule has 1 unspecified atom stereocenters. The number of piperidine rings is 1. The summed E-state index contributed by atoms with van der Waals surface area (Å²) in [5.41, 5.74) is 1.14. The predicted molar refractivity (Wildman–Crippen MR) is 105 cm³/mol. The van der Waals surface area contributed by atoms with Crippen LogP contribution in [-0.4, -0.2) is 34.4 Å². The lowest BCUT2D eigenvalue weighted by Gasteiger charge is -2.32. The molecule has 0 saturated carbocycles. The van der Waals surface area contributed by atoms with E-state index in [0.29, 0.717) is 30.4 Å². The van der Waals surface area contributed by atoms with Crippen LogP contribution in [0.15, 0.2) is 58.2 Å². The Morgan fingerprint density at radius 3 is 2.79 bits per heavy atom. The summed E-state index contributed by atoms with van der Waals surface area (Å²) in [5, 5.41) is 4.04. The van der Waals surface area contributed by atoms with Gasteiger partial charge in [-0.1, -0.05) is 29.3 Å². The van der Waals surface area contributed by atoms with Gasteiger partial charge in [0.05, 0.1) is 6.04 Å². The molecule has 1 aromatic carbocycles. The molecule has 2 aromatic heterocycles. The number of aromatic nitrogens is 3. The number of nitrogens with zero attached hydrogens (tertiary/aromatic N) is 4. The largest absolute Gasteiger partial charge is 0.484 e. The maximum absolute atomic E-state index is 13.1. The highest BCUT2D eigenvalue weighted by molar-refractivity contribution is 7.89. The van der Waals surface area contributed by atoms with Crippen molar-refractivity contribution in [3.05, 3.63) is 66.1 Å². The van der Waals surface area contributed by atoms with Crippen LogP contribution in [-0.2, 0) is 16.6 Å². The molecule has 1 atom stereocenters. The molecular formula is C20H22N4O4S. The molecule has 0 aliphatic carbocycles. The van der Waals surface area contributed by atoms with Crippen LogP contribution in [0.25, 0.3) is 0 Å². The summed E-state index contributed by atoms with van der Waals surface area (Å²) in [6.45, 7) is 2.54. The van der Waals surface area contributed by atoms with Crippen LogP contribution in [0.3, 0.4) is 0 Å². The van der Waals surface area contributed by atoms with Gasteiger partial charge in [0.25, 0.3) is 5.89 Å². The van der Waals surface area contributed by atoms with Crippen LogP contribution in [0.5, 0.6) is 5.75 Å². The quantitative estimate of drug-likeness (QED) is 0.610. The fourth-order valence-corrected chi connectivity index (χ4v) is 4.95. The van der Waals surface area contributed by atoms with Gasteiger partial charge >= 0.3 is 0 Å². The number of benzene rings is 1. The lowest BCUT2D eigenvalue weighted by molar-refractivity contribution is 0.231. The third-order valence-electron chi connectivity index (χ3n) is 4.86. The van der Waals surface area contributed by atoms with Crippen molar-refractivity contribution in [1.29, 1.82) is 0 Å². The number of rotatable bonds is 6. The molecule has 8 nitrogen and oxygen atoms in total. The molecular weight excluding hydrogens is 392 g/mol. The second-order valence-corrected chi connectivity index (χ2v) is 8.85. The first-order valence-electron chi connectivity index (χ1n) is 9.48. The Bertz CT molecular complexity index is 1050. The number of sulfonamides is 1. The van der Waals surface area contributed by atoms with Gasteiger partial charge in [0, 0.05) is 18.9 Å². The van der Waals surface area contributed by atoms with Crippen molar-refractivity contribution in [2.45, 2.75) is 43.7 Å². The van der Waals surface area contributed by atoms with E-state index < -0.39 is 16.1 Å². The maximum Gasteiger partial charge on any atom is 0.264 e. The monoisotopic (exact) mass is 414 g/mol. The van der Waals surface area contributed by atoms with Crippen LogP contribution in [0, 0.1) is 6.92 Å². The van der Waals surface area contributed by atoms with Crippen molar-refractivity contribution in [2.24, 2.45) is 0 Å². The standard InChI is InChI=1S/C20H22N4O4S/c1-15-7-9-16(10-8-15)27-14-19-22-20(23-28-19)18-6-2-3-12-24(18)29(25,26)17-5-4-11-21-13-17/h4-5,7-11,13,18H,2-3,6,12,14H2,1H3. The summed E-state index contributed by atoms with van der Waals surface area (Å²) >= 11 is 0. The predicted octanol–water partition coefficient (Wildman–Crippen LogP) is 3.27. The van der Waals surface area contributed by atoms with Crippen LogP contribution < -0.4 is 4.74 Å². The Labute approximate surface area is 169 Å². The summed E-state index contributed by atoms with van der Waals surface area (Å²) in [6, 6.07) is 10.3. The van der Waals surface area contributed by atoms with Crippen molar-refractivity contribution < 1.29 is 17.7 Å². The van der Waals surface area contributed by atoms with Gasteiger partial charge in [0.15, 0.2) is 12.4 Å². The molecule has 152 valence electrons. The minimum Gasteiger partial charge on any atom is -0.484 e. The van der Waals surface area contributed by atoms with Crippen LogP contribution in [0.2, 0.25) is 0 Å². The van der Waals surface area contributed by atoms with Gasteiger partial charge in [0.2, 0.25) is 10.0 Å². The van der Waals surface area contributed by atoms with E-state index in [1.165, 1.54) is 10.5 Å². The van der Waals surface area contributed by atoms with Gasteiger partial charge < -0.3 is 9.26 Å². The second kappa shape index (κ2) is 8.30. The van der Waals surface area contributed by atoms with Crippen molar-refractivity contribution in [2.75, 3.05) is 6.54 Å². The summed E-state index contributed by atoms with van der Waals surface area (Å²) in [4.78, 5) is 8.50. The average molecular weight is 414 g/mol. The van der Waals surface area contributed by atoms with Gasteiger partial charge in [-0.2, -0.15) is 9.29 Å². The van der Waals surface area contributed by atoms with E-state index >= 15 is 0 Å². The summed E-state index contributed by atoms with van der Waals surface area (Å²) in [6.07, 6.45) is 5.23. The molecule has 0 radical (unpaired) electrons. The summed E-state index contributed by atoms with van der Waals surface area (Å²) < 4.78 is 38.6. The van der Waals surface area contributed by atoms with Crippen LogP contribution >= 0.6 is 0 Å². The van der Waals surface area contributed by atoms with E-state index in [9.17, 15) is 8.42 Å². The second-order valence-electron chi connectivity index (χ2n) is 6.96. The normalized spacial score (nSPS) is 17.9. The summed E-state index contributed by atoms with van der Waals surface area (Å²) in [5.74, 6) is 1.37. The zero-order valence-electron chi connectivity index (χ0n) is 16.1. The smallest absolute Gasteiger partial charge is 0.264 e. The molecule has 0 bridgehead atoms. The van der Waals surface area contributed by atoms with E-state index in [1.807, 2.05) is 31.2 Å². The zero-order chi connectivity index (χ0) is 20.3. The van der Waals surface area contributed by atoms with E-state index in [-0.39, 0.29) is 11.5 Å². The number of pyridine rings is 1. The lowest BCUT2D eigenvalue weighted by atomic mass is 10.0. The first kappa shape index (κ1) is 19.5. The summed E-state index contributed by atoms with van der Waals surface area (Å²) in [7, 11) is -3.69. The number of ether oxygens (including phenoxy) is 1. The Hall–Kier alpha value is -2.78. The number of aryl methyl sites for hydroxylation is 1. The van der Waals surface area contributed by atoms with Crippen molar-refractivity contribution >= 4 is 10.0 Å². The van der Waals surface area contributed by atoms with E-state index in [0.717, 1.165) is 18.4 Å². The zero-order valence-corrected chi connectivity index (χ0v) is 16.9. The molecule has 1 saturated heterocycles. The Morgan fingerprint density at radius 1 is 1.21 bits per heavy atom. The van der Waals surface area contributed by atoms with Crippen LogP contribution in [0.1, 0.15) is 42.6 Å². The third-order valence-corrected chi connectivity index (χ3v) is 6.75. The Morgan fingerprint density at radius 2 is 2.03 bits per heavy atom. The van der Waals surface area contributed by atoms with Crippen molar-refractivity contribution in [1.82, 2.24) is 19.4 Å². The maximum atomic E-state index is 13.1. The Balaban J connectivity index is 1.51. The highest BCUT2D eigenvalue weighted by atomic mass is 32.2. The fourth-order valence-electron chi connectivity index (χ4n) is 3.33. The van der Waals surface area contributed by atoms with Gasteiger partial charge in [-0.25, -0.2) is 8.42 Å². The minimum absolute atomic E-state index is 0.123. The molecule has 0 N–H and O–H groups in total. The van der Waals surface area contributed by atoms with Crippen molar-refractivity contribution in [3.63, 3.8) is 0 Å². The van der Waals surface area contributed by atoms with Gasteiger partial charge in [0.1, 0.15) is 10.6 Å². The molecule has 1 aliphatic heterocycles. The molecule has 9 heteroatoms. The van der Waals surface area contributed by atoms with E-state index in [2.05, 4.69) is 15.1 Å². The van der Waals surface area contributed by atoms with Gasteiger partial charge in [-0.15, -0.1) is 0 Å². The SMILES string of the molecule is Cc1ccc(OCc2nc(C3CCCCN3S(=O)(=O)c3cccnc3)no2)cc1. The topological polar surface area (TPSA) is 98.4 Å². The molecule has 4 rings (SSSR count). The first-order valence-corrected chi connectivity index (χ1v) is 10.9. The fraction of sp³-hybridized carbons (Fsp3) is 0.350. The highest BCUT2D eigenvalue weighted by Crippen LogP contribution is 2.34. The average Bonchev–Trinajstić information content (AvgIpc) is 3.23. The molecule has 0 spiro atoms. The number of hydrogen-bond donors (Lipinski definition) is 0. The first-order chi connectivity index (χ1) is 14.0. The molecule has 1 fully saturated rings. The van der Waals surface area contributed by atoms with E-state index in [4.69, 9.17) is 9.26 Å². The molecule has 29 heavy (non-hydrogen) atoms. The molecule has 3 heterocycles. The van der Waals surface area contributed by atoms with E-state index in [1.54, 1.807) is 18.3 Å². The van der Waals surface area contributed by atoms with Crippen molar-refractivity contribution in [3.8, 4) is 5.75 Å². The van der Waals surface area contributed by atoms with Gasteiger partial charge in [-0.05, 0) is 44.0 Å². The minimum atomic E-state index is -3.69.